The Labute approximate surface area is 106 Å². The van der Waals surface area contributed by atoms with Crippen molar-refractivity contribution >= 4 is 23.2 Å². The fourth-order valence-electron chi connectivity index (χ4n) is 1.22. The van der Waals surface area contributed by atoms with Crippen molar-refractivity contribution in [1.29, 1.82) is 0 Å². The van der Waals surface area contributed by atoms with Crippen LogP contribution in [0.3, 0.4) is 0 Å². The molecule has 0 atom stereocenters. The predicted molar refractivity (Wildman–Crippen MR) is 63.2 cm³/mol. The number of hydrazine groups is 1. The number of amides is 1. The van der Waals surface area contributed by atoms with Gasteiger partial charge in [0.25, 0.3) is 0 Å². The number of nitrogens with two attached hydrogens (primary N) is 1. The third-order valence-electron chi connectivity index (χ3n) is 1.94. The molecule has 98 valence electrons. The number of rotatable bonds is 2. The van der Waals surface area contributed by atoms with Crippen molar-refractivity contribution in [3.8, 4) is 0 Å². The molecule has 0 fully saturated rings. The molecule has 1 rings (SSSR count). The Kier molecular flexibility index (Phi) is 4.49. The summed E-state index contributed by atoms with van der Waals surface area (Å²) in [6, 6.07) is 4.52. The van der Waals surface area contributed by atoms with E-state index in [4.69, 9.17) is 5.73 Å². The summed E-state index contributed by atoms with van der Waals surface area (Å²) < 4.78 is 37.2. The van der Waals surface area contributed by atoms with Gasteiger partial charge in [-0.05, 0) is 23.8 Å². The first kappa shape index (κ1) is 14.2. The molecule has 0 aliphatic carbocycles. The molecule has 0 saturated heterocycles. The van der Waals surface area contributed by atoms with E-state index in [0.717, 1.165) is 12.1 Å². The van der Waals surface area contributed by atoms with Gasteiger partial charge in [0.05, 0.1) is 12.0 Å². The molecule has 0 bridgehead atoms. The molecule has 0 aromatic heterocycles. The van der Waals surface area contributed by atoms with Gasteiger partial charge in [0, 0.05) is 0 Å². The van der Waals surface area contributed by atoms with Gasteiger partial charge in [-0.25, -0.2) is 0 Å². The number of thiocarbonyl (C=S) groups is 1. The van der Waals surface area contributed by atoms with E-state index in [1.165, 1.54) is 12.1 Å². The molecule has 0 radical (unpaired) electrons. The fraction of sp³-hybridized carbons (Fsp3) is 0.200. The SMILES string of the molecule is NC(=S)NNC(=O)Cc1cccc(C(F)(F)F)c1. The molecule has 1 aromatic rings. The molecular formula is C10H10F3N3OS. The van der Waals surface area contributed by atoms with Crippen molar-refractivity contribution in [2.75, 3.05) is 0 Å². The Balaban J connectivity index is 2.68. The molecule has 0 spiro atoms. The maximum atomic E-state index is 12.4. The monoisotopic (exact) mass is 277 g/mol. The minimum absolute atomic E-state index is 0.132. The van der Waals surface area contributed by atoms with Gasteiger partial charge in [-0.1, -0.05) is 18.2 Å². The van der Waals surface area contributed by atoms with Crippen LogP contribution in [0, 0.1) is 0 Å². The highest BCUT2D eigenvalue weighted by atomic mass is 32.1. The third kappa shape index (κ3) is 4.58. The molecule has 4 nitrogen and oxygen atoms in total. The predicted octanol–water partition coefficient (Wildman–Crippen LogP) is 1.11. The van der Waals surface area contributed by atoms with Gasteiger partial charge in [0.2, 0.25) is 5.91 Å². The highest BCUT2D eigenvalue weighted by Crippen LogP contribution is 2.29. The van der Waals surface area contributed by atoms with E-state index in [2.05, 4.69) is 23.1 Å². The molecule has 0 aliphatic rings. The minimum Gasteiger partial charge on any atom is -0.375 e. The van der Waals surface area contributed by atoms with Crippen molar-refractivity contribution in [1.82, 2.24) is 10.9 Å². The lowest BCUT2D eigenvalue weighted by Crippen LogP contribution is -2.44. The standard InChI is InChI=1S/C10H10F3N3OS/c11-10(12,13)7-3-1-2-6(4-7)5-8(17)15-16-9(14)18/h1-4H,5H2,(H,15,17)(H3,14,16,18). The summed E-state index contributed by atoms with van der Waals surface area (Å²) in [4.78, 5) is 11.3. The molecule has 1 aromatic carbocycles. The van der Waals surface area contributed by atoms with Crippen molar-refractivity contribution < 1.29 is 18.0 Å². The van der Waals surface area contributed by atoms with Crippen LogP contribution in [0.4, 0.5) is 13.2 Å². The maximum absolute atomic E-state index is 12.4. The van der Waals surface area contributed by atoms with Crippen LogP contribution >= 0.6 is 12.2 Å². The molecule has 0 heterocycles. The minimum atomic E-state index is -4.43. The van der Waals surface area contributed by atoms with Crippen LogP contribution in [-0.2, 0) is 17.4 Å². The number of alkyl halides is 3. The van der Waals surface area contributed by atoms with Crippen molar-refractivity contribution in [3.05, 3.63) is 35.4 Å². The number of benzene rings is 1. The van der Waals surface area contributed by atoms with Gasteiger partial charge in [-0.2, -0.15) is 13.2 Å². The average Bonchev–Trinajstić information content (AvgIpc) is 2.25. The van der Waals surface area contributed by atoms with E-state index in [1.54, 1.807) is 0 Å². The van der Waals surface area contributed by atoms with E-state index in [-0.39, 0.29) is 17.1 Å². The lowest BCUT2D eigenvalue weighted by molar-refractivity contribution is -0.137. The number of carbonyl (C=O) groups excluding carboxylic acids is 1. The molecule has 0 aliphatic heterocycles. The van der Waals surface area contributed by atoms with Crippen molar-refractivity contribution in [2.24, 2.45) is 5.73 Å². The molecule has 1 amide bonds. The fourth-order valence-corrected chi connectivity index (χ4v) is 1.27. The molecule has 0 unspecified atom stereocenters. The van der Waals surface area contributed by atoms with Crippen LogP contribution in [0.15, 0.2) is 24.3 Å². The summed E-state index contributed by atoms with van der Waals surface area (Å²) in [6.07, 6.45) is -4.64. The van der Waals surface area contributed by atoms with Crippen LogP contribution in [0.1, 0.15) is 11.1 Å². The second kappa shape index (κ2) is 5.67. The van der Waals surface area contributed by atoms with Crippen molar-refractivity contribution in [3.63, 3.8) is 0 Å². The van der Waals surface area contributed by atoms with Crippen LogP contribution < -0.4 is 16.6 Å². The third-order valence-corrected chi connectivity index (χ3v) is 2.05. The summed E-state index contributed by atoms with van der Waals surface area (Å²) in [5.41, 5.74) is 8.87. The van der Waals surface area contributed by atoms with E-state index in [1.807, 2.05) is 0 Å². The second-order valence-electron chi connectivity index (χ2n) is 3.41. The quantitative estimate of drug-likeness (QED) is 0.559. The molecule has 18 heavy (non-hydrogen) atoms. The number of carbonyl (C=O) groups is 1. The van der Waals surface area contributed by atoms with E-state index < -0.39 is 17.6 Å². The lowest BCUT2D eigenvalue weighted by atomic mass is 10.1. The van der Waals surface area contributed by atoms with E-state index in [0.29, 0.717) is 0 Å². The summed E-state index contributed by atoms with van der Waals surface area (Å²) in [5.74, 6) is -0.540. The van der Waals surface area contributed by atoms with Gasteiger partial charge < -0.3 is 5.73 Å². The zero-order chi connectivity index (χ0) is 13.8. The van der Waals surface area contributed by atoms with Crippen molar-refractivity contribution in [2.45, 2.75) is 12.6 Å². The number of halogens is 3. The van der Waals surface area contributed by atoms with E-state index in [9.17, 15) is 18.0 Å². The first-order chi connectivity index (χ1) is 8.29. The Morgan fingerprint density at radius 2 is 2.00 bits per heavy atom. The lowest BCUT2D eigenvalue weighted by Gasteiger charge is -2.09. The number of hydrogen-bond acceptors (Lipinski definition) is 2. The second-order valence-corrected chi connectivity index (χ2v) is 3.85. The topological polar surface area (TPSA) is 67.2 Å². The first-order valence-corrected chi connectivity index (χ1v) is 5.20. The molecule has 8 heteroatoms. The van der Waals surface area contributed by atoms with Gasteiger partial charge in [0.1, 0.15) is 0 Å². The zero-order valence-electron chi connectivity index (χ0n) is 9.04. The highest BCUT2D eigenvalue weighted by molar-refractivity contribution is 7.80. The van der Waals surface area contributed by atoms with E-state index >= 15 is 0 Å². The number of hydrogen-bond donors (Lipinski definition) is 3. The largest absolute Gasteiger partial charge is 0.416 e. The van der Waals surface area contributed by atoms with Crippen LogP contribution in [0.2, 0.25) is 0 Å². The number of nitrogens with one attached hydrogen (secondary N) is 2. The van der Waals surface area contributed by atoms with Crippen LogP contribution in [0.25, 0.3) is 0 Å². The molecular weight excluding hydrogens is 267 g/mol. The van der Waals surface area contributed by atoms with Gasteiger partial charge in [0.15, 0.2) is 5.11 Å². The zero-order valence-corrected chi connectivity index (χ0v) is 9.86. The Morgan fingerprint density at radius 1 is 1.33 bits per heavy atom. The highest BCUT2D eigenvalue weighted by Gasteiger charge is 2.30. The summed E-state index contributed by atoms with van der Waals surface area (Å²) in [5, 5.41) is -0.132. The Hall–Kier alpha value is -1.83. The average molecular weight is 277 g/mol. The van der Waals surface area contributed by atoms with Gasteiger partial charge in [-0.15, -0.1) is 0 Å². The summed E-state index contributed by atoms with van der Waals surface area (Å²) in [6.45, 7) is 0. The van der Waals surface area contributed by atoms with Crippen LogP contribution in [0.5, 0.6) is 0 Å². The van der Waals surface area contributed by atoms with Crippen LogP contribution in [-0.4, -0.2) is 11.0 Å². The maximum Gasteiger partial charge on any atom is 0.416 e. The Morgan fingerprint density at radius 3 is 2.56 bits per heavy atom. The molecule has 4 N–H and O–H groups in total. The summed E-state index contributed by atoms with van der Waals surface area (Å²) in [7, 11) is 0. The first-order valence-electron chi connectivity index (χ1n) is 4.79. The van der Waals surface area contributed by atoms with Gasteiger partial charge in [-0.3, -0.25) is 15.6 Å². The normalized spacial score (nSPS) is 10.8. The summed E-state index contributed by atoms with van der Waals surface area (Å²) >= 11 is 4.45. The molecule has 0 saturated carbocycles. The Bertz CT molecular complexity index is 462. The smallest absolute Gasteiger partial charge is 0.375 e. The van der Waals surface area contributed by atoms with Gasteiger partial charge >= 0.3 is 6.18 Å².